The number of sulfonamides is 1. The van der Waals surface area contributed by atoms with Crippen LogP contribution in [0.4, 0.5) is 0 Å². The molecule has 146 valence electrons. The number of carbonyl (C=O) groups is 1. The Morgan fingerprint density at radius 2 is 1.92 bits per heavy atom. The van der Waals surface area contributed by atoms with Crippen molar-refractivity contribution in [1.82, 2.24) is 9.62 Å². The molecule has 0 aliphatic carbocycles. The first-order chi connectivity index (χ1) is 12.3. The first-order valence-electron chi connectivity index (χ1n) is 9.38. The van der Waals surface area contributed by atoms with Crippen LogP contribution in [0.25, 0.3) is 0 Å². The molecule has 0 aromatic heterocycles. The maximum absolute atomic E-state index is 12.7. The minimum atomic E-state index is -3.43. The Balaban J connectivity index is 1.96. The third-order valence-electron chi connectivity index (χ3n) is 5.36. The van der Waals surface area contributed by atoms with E-state index in [0.29, 0.717) is 25.9 Å². The number of carbonyl (C=O) groups excluding carboxylic acids is 1. The van der Waals surface area contributed by atoms with Gasteiger partial charge in [0.2, 0.25) is 15.9 Å². The second-order valence-corrected chi connectivity index (χ2v) is 9.20. The van der Waals surface area contributed by atoms with Crippen molar-refractivity contribution in [2.45, 2.75) is 50.8 Å². The summed E-state index contributed by atoms with van der Waals surface area (Å²) in [5, 5.41) is 2.93. The fraction of sp³-hybridized carbons (Fsp3) is 0.632. The first kappa shape index (κ1) is 20.9. The molecule has 1 heterocycles. The first-order valence-corrected chi connectivity index (χ1v) is 11.0. The summed E-state index contributed by atoms with van der Waals surface area (Å²) >= 11 is 0. The van der Waals surface area contributed by atoms with Crippen molar-refractivity contribution in [3.63, 3.8) is 0 Å². The molecule has 26 heavy (non-hydrogen) atoms. The quantitative estimate of drug-likeness (QED) is 0.719. The monoisotopic (exact) mass is 381 g/mol. The van der Waals surface area contributed by atoms with E-state index in [4.69, 9.17) is 5.73 Å². The molecule has 1 atom stereocenters. The third-order valence-corrected chi connectivity index (χ3v) is 7.18. The number of benzene rings is 1. The normalized spacial score (nSPS) is 19.3. The molecule has 0 radical (unpaired) electrons. The van der Waals surface area contributed by atoms with E-state index in [1.165, 1.54) is 4.31 Å². The van der Waals surface area contributed by atoms with Gasteiger partial charge in [-0.15, -0.1) is 0 Å². The van der Waals surface area contributed by atoms with Gasteiger partial charge in [0.1, 0.15) is 0 Å². The number of piperidine rings is 1. The predicted molar refractivity (Wildman–Crippen MR) is 104 cm³/mol. The van der Waals surface area contributed by atoms with Crippen molar-refractivity contribution in [3.8, 4) is 0 Å². The number of nitrogens with two attached hydrogens (primary N) is 1. The summed E-state index contributed by atoms with van der Waals surface area (Å²) in [4.78, 5) is 12.5. The molecule has 1 aliphatic heterocycles. The maximum Gasteiger partial charge on any atom is 0.224 e. The Morgan fingerprint density at radius 3 is 2.54 bits per heavy atom. The molecule has 0 bridgehead atoms. The maximum atomic E-state index is 12.7. The zero-order valence-corrected chi connectivity index (χ0v) is 16.6. The molecule has 1 aromatic rings. The van der Waals surface area contributed by atoms with Crippen LogP contribution in [0.3, 0.4) is 0 Å². The molecular weight excluding hydrogens is 350 g/mol. The van der Waals surface area contributed by atoms with Crippen LogP contribution in [0, 0.1) is 5.92 Å². The SMILES string of the molecule is CCC(N)(CC)CNC(=O)C1CCCN(S(=O)(=O)Cc2ccccc2)C1. The van der Waals surface area contributed by atoms with Crippen molar-refractivity contribution < 1.29 is 13.2 Å². The lowest BCUT2D eigenvalue weighted by molar-refractivity contribution is -0.126. The predicted octanol–water partition coefficient (Wildman–Crippen LogP) is 1.86. The van der Waals surface area contributed by atoms with Gasteiger partial charge in [0, 0.05) is 25.2 Å². The van der Waals surface area contributed by atoms with E-state index in [9.17, 15) is 13.2 Å². The van der Waals surface area contributed by atoms with Crippen LogP contribution >= 0.6 is 0 Å². The number of amides is 1. The van der Waals surface area contributed by atoms with Crippen molar-refractivity contribution in [2.75, 3.05) is 19.6 Å². The Morgan fingerprint density at radius 1 is 1.27 bits per heavy atom. The molecule has 7 heteroatoms. The third kappa shape index (κ3) is 5.53. The standard InChI is InChI=1S/C19H31N3O3S/c1-3-19(20,4-2)15-21-18(23)17-11-8-12-22(13-17)26(24,25)14-16-9-6-5-7-10-16/h5-7,9-10,17H,3-4,8,11-15,20H2,1-2H3,(H,21,23). The van der Waals surface area contributed by atoms with Crippen LogP contribution in [0.5, 0.6) is 0 Å². The van der Waals surface area contributed by atoms with Crippen molar-refractivity contribution >= 4 is 15.9 Å². The summed E-state index contributed by atoms with van der Waals surface area (Å²) in [7, 11) is -3.43. The van der Waals surface area contributed by atoms with Gasteiger partial charge in [-0.3, -0.25) is 4.79 Å². The van der Waals surface area contributed by atoms with Gasteiger partial charge in [-0.05, 0) is 31.2 Å². The van der Waals surface area contributed by atoms with Crippen LogP contribution in [0.15, 0.2) is 30.3 Å². The molecule has 1 amide bonds. The van der Waals surface area contributed by atoms with Gasteiger partial charge in [-0.25, -0.2) is 12.7 Å². The van der Waals surface area contributed by atoms with Crippen LogP contribution in [0.2, 0.25) is 0 Å². The molecule has 1 saturated heterocycles. The highest BCUT2D eigenvalue weighted by atomic mass is 32.2. The molecule has 0 spiro atoms. The van der Waals surface area contributed by atoms with Crippen molar-refractivity contribution in [2.24, 2.45) is 11.7 Å². The number of nitrogens with one attached hydrogen (secondary N) is 1. The zero-order valence-electron chi connectivity index (χ0n) is 15.8. The highest BCUT2D eigenvalue weighted by Crippen LogP contribution is 2.22. The van der Waals surface area contributed by atoms with Crippen molar-refractivity contribution in [1.29, 1.82) is 0 Å². The highest BCUT2D eigenvalue weighted by Gasteiger charge is 2.33. The van der Waals surface area contributed by atoms with E-state index in [1.807, 2.05) is 44.2 Å². The summed E-state index contributed by atoms with van der Waals surface area (Å²) in [5.41, 5.74) is 6.60. The summed E-state index contributed by atoms with van der Waals surface area (Å²) in [6.07, 6.45) is 2.97. The highest BCUT2D eigenvalue weighted by molar-refractivity contribution is 7.88. The van der Waals surface area contributed by atoms with Crippen LogP contribution < -0.4 is 11.1 Å². The van der Waals surface area contributed by atoms with E-state index in [0.717, 1.165) is 18.4 Å². The average molecular weight is 382 g/mol. The summed E-state index contributed by atoms with van der Waals surface area (Å²) in [6.45, 7) is 5.16. The van der Waals surface area contributed by atoms with Crippen LogP contribution in [0.1, 0.15) is 45.1 Å². The topological polar surface area (TPSA) is 92.5 Å². The molecule has 1 unspecified atom stereocenters. The Bertz CT molecular complexity index is 687. The Labute approximate surface area is 157 Å². The number of hydrogen-bond acceptors (Lipinski definition) is 4. The smallest absolute Gasteiger partial charge is 0.224 e. The molecule has 1 aliphatic rings. The van der Waals surface area contributed by atoms with Gasteiger partial charge in [-0.2, -0.15) is 0 Å². The molecule has 1 fully saturated rings. The van der Waals surface area contributed by atoms with Gasteiger partial charge in [0.05, 0.1) is 11.7 Å². The minimum Gasteiger partial charge on any atom is -0.354 e. The fourth-order valence-electron chi connectivity index (χ4n) is 3.19. The summed E-state index contributed by atoms with van der Waals surface area (Å²) in [5.74, 6) is -0.437. The molecule has 1 aromatic carbocycles. The zero-order chi connectivity index (χ0) is 19.2. The number of hydrogen-bond donors (Lipinski definition) is 2. The summed E-state index contributed by atoms with van der Waals surface area (Å²) in [6, 6.07) is 9.14. The lowest BCUT2D eigenvalue weighted by Crippen LogP contribution is -2.52. The molecular formula is C19H31N3O3S. The second-order valence-electron chi connectivity index (χ2n) is 7.23. The van der Waals surface area contributed by atoms with Gasteiger partial charge in [0.25, 0.3) is 0 Å². The second kappa shape index (κ2) is 8.97. The van der Waals surface area contributed by atoms with E-state index in [-0.39, 0.29) is 24.1 Å². The van der Waals surface area contributed by atoms with Gasteiger partial charge in [0.15, 0.2) is 0 Å². The van der Waals surface area contributed by atoms with E-state index >= 15 is 0 Å². The fourth-order valence-corrected chi connectivity index (χ4v) is 4.80. The largest absolute Gasteiger partial charge is 0.354 e. The van der Waals surface area contributed by atoms with Crippen molar-refractivity contribution in [3.05, 3.63) is 35.9 Å². The van der Waals surface area contributed by atoms with Gasteiger partial charge >= 0.3 is 0 Å². The van der Waals surface area contributed by atoms with Gasteiger partial charge in [-0.1, -0.05) is 44.2 Å². The number of rotatable bonds is 8. The van der Waals surface area contributed by atoms with Crippen LogP contribution in [-0.2, 0) is 20.6 Å². The van der Waals surface area contributed by atoms with Crippen LogP contribution in [-0.4, -0.2) is 43.8 Å². The Kier molecular flexibility index (Phi) is 7.20. The summed E-state index contributed by atoms with van der Waals surface area (Å²) < 4.78 is 26.9. The van der Waals surface area contributed by atoms with E-state index in [1.54, 1.807) is 0 Å². The minimum absolute atomic E-state index is 0.0280. The lowest BCUT2D eigenvalue weighted by atomic mass is 9.93. The van der Waals surface area contributed by atoms with E-state index in [2.05, 4.69) is 5.32 Å². The van der Waals surface area contributed by atoms with Gasteiger partial charge < -0.3 is 11.1 Å². The lowest BCUT2D eigenvalue weighted by Gasteiger charge is -2.33. The molecule has 0 saturated carbocycles. The van der Waals surface area contributed by atoms with E-state index < -0.39 is 15.6 Å². The Hall–Kier alpha value is -1.44. The average Bonchev–Trinajstić information content (AvgIpc) is 2.66. The molecule has 3 N–H and O–H groups in total. The molecule has 2 rings (SSSR count). The molecule has 6 nitrogen and oxygen atoms in total. The number of nitrogens with zero attached hydrogens (tertiary/aromatic N) is 1.